The quantitative estimate of drug-likeness (QED) is 0.403. The third-order valence-electron chi connectivity index (χ3n) is 6.87. The van der Waals surface area contributed by atoms with Gasteiger partial charge in [0.25, 0.3) is 0 Å². The summed E-state index contributed by atoms with van der Waals surface area (Å²) >= 11 is 0. The summed E-state index contributed by atoms with van der Waals surface area (Å²) in [5.41, 5.74) is 5.46. The molecule has 200 valence electrons. The van der Waals surface area contributed by atoms with E-state index in [1.54, 1.807) is 19.9 Å². The lowest BCUT2D eigenvalue weighted by atomic mass is 9.83. The number of nitrogens with zero attached hydrogens (tertiary/aromatic N) is 1. The number of hydrogen-bond acceptors (Lipinski definition) is 5. The lowest BCUT2D eigenvalue weighted by Gasteiger charge is -2.39. The van der Waals surface area contributed by atoms with Gasteiger partial charge in [-0.3, -0.25) is 4.90 Å². The third kappa shape index (κ3) is 6.21. The first kappa shape index (κ1) is 26.9. The fourth-order valence-corrected chi connectivity index (χ4v) is 4.96. The summed E-state index contributed by atoms with van der Waals surface area (Å²) in [6, 6.07) is 7.93. The van der Waals surface area contributed by atoms with E-state index >= 15 is 0 Å². The standard InChI is InChI=1S/C28H32F3NO5/c1-16(2)36-26-9-5-19(11-24(26)28(29,30)31)15-35-25-10-8-22-17(3)20(6-7-23(22)18(25)4)12-32-13-21(14-32)37-27(33)34/h5,8-11,16,21H,6-7,12-15H2,1-4H3,(H,33,34). The van der Waals surface area contributed by atoms with Gasteiger partial charge < -0.3 is 19.3 Å². The van der Waals surface area contributed by atoms with Crippen molar-refractivity contribution in [2.24, 2.45) is 0 Å². The molecular weight excluding hydrogens is 487 g/mol. The Morgan fingerprint density at radius 1 is 1.11 bits per heavy atom. The number of carbonyl (C=O) groups is 1. The molecule has 4 rings (SSSR count). The summed E-state index contributed by atoms with van der Waals surface area (Å²) in [4.78, 5) is 12.8. The lowest BCUT2D eigenvalue weighted by molar-refractivity contribution is -0.139. The first-order valence-corrected chi connectivity index (χ1v) is 12.3. The Morgan fingerprint density at radius 3 is 2.46 bits per heavy atom. The van der Waals surface area contributed by atoms with Crippen LogP contribution in [-0.2, 0) is 23.9 Å². The van der Waals surface area contributed by atoms with E-state index < -0.39 is 17.9 Å². The van der Waals surface area contributed by atoms with Crippen LogP contribution in [0.4, 0.5) is 18.0 Å². The predicted molar refractivity (Wildman–Crippen MR) is 133 cm³/mol. The number of rotatable bonds is 8. The van der Waals surface area contributed by atoms with Crippen LogP contribution in [0, 0.1) is 6.92 Å². The van der Waals surface area contributed by atoms with Crippen molar-refractivity contribution in [2.75, 3.05) is 19.6 Å². The number of hydrogen-bond donors (Lipinski definition) is 1. The molecule has 1 aliphatic carbocycles. The Labute approximate surface area is 214 Å². The van der Waals surface area contributed by atoms with E-state index in [0.29, 0.717) is 24.4 Å². The summed E-state index contributed by atoms with van der Waals surface area (Å²) in [6.45, 7) is 9.44. The highest BCUT2D eigenvalue weighted by molar-refractivity contribution is 5.74. The molecule has 2 aliphatic rings. The molecule has 6 nitrogen and oxygen atoms in total. The van der Waals surface area contributed by atoms with Crippen molar-refractivity contribution in [3.8, 4) is 11.5 Å². The van der Waals surface area contributed by atoms with E-state index in [9.17, 15) is 18.0 Å². The third-order valence-corrected chi connectivity index (χ3v) is 6.87. The van der Waals surface area contributed by atoms with Gasteiger partial charge in [0.15, 0.2) is 0 Å². The molecule has 9 heteroatoms. The van der Waals surface area contributed by atoms with E-state index in [1.807, 2.05) is 19.1 Å². The van der Waals surface area contributed by atoms with E-state index in [2.05, 4.69) is 11.8 Å². The van der Waals surface area contributed by atoms with Gasteiger partial charge in [-0.15, -0.1) is 0 Å². The molecule has 1 heterocycles. The molecule has 1 saturated heterocycles. The maximum atomic E-state index is 13.6. The van der Waals surface area contributed by atoms with Crippen molar-refractivity contribution in [1.29, 1.82) is 0 Å². The summed E-state index contributed by atoms with van der Waals surface area (Å²) in [5, 5.41) is 8.73. The number of halogens is 3. The number of carboxylic acid groups (broad SMARTS) is 1. The Kier molecular flexibility index (Phi) is 7.73. The molecule has 37 heavy (non-hydrogen) atoms. The second-order valence-corrected chi connectivity index (χ2v) is 9.93. The largest absolute Gasteiger partial charge is 0.506 e. The smallest absolute Gasteiger partial charge is 0.490 e. The lowest BCUT2D eigenvalue weighted by Crippen LogP contribution is -2.53. The molecule has 1 fully saturated rings. The van der Waals surface area contributed by atoms with Crippen LogP contribution in [0.3, 0.4) is 0 Å². The van der Waals surface area contributed by atoms with Crippen molar-refractivity contribution in [3.63, 3.8) is 0 Å². The Hall–Kier alpha value is -3.20. The molecule has 0 unspecified atom stereocenters. The Bertz CT molecular complexity index is 1200. The van der Waals surface area contributed by atoms with Crippen molar-refractivity contribution >= 4 is 11.7 Å². The van der Waals surface area contributed by atoms with Crippen molar-refractivity contribution in [1.82, 2.24) is 4.90 Å². The summed E-state index contributed by atoms with van der Waals surface area (Å²) in [5.74, 6) is 0.472. The van der Waals surface area contributed by atoms with Crippen LogP contribution in [0.5, 0.6) is 11.5 Å². The number of likely N-dealkylation sites (tertiary alicyclic amines) is 1. The minimum Gasteiger partial charge on any atom is -0.490 e. The van der Waals surface area contributed by atoms with E-state index in [0.717, 1.165) is 36.6 Å². The van der Waals surface area contributed by atoms with Gasteiger partial charge in [0.1, 0.15) is 24.2 Å². The van der Waals surface area contributed by atoms with Crippen LogP contribution >= 0.6 is 0 Å². The van der Waals surface area contributed by atoms with Crippen LogP contribution in [0.2, 0.25) is 0 Å². The molecule has 0 atom stereocenters. The van der Waals surface area contributed by atoms with Crippen molar-refractivity contribution < 1.29 is 37.3 Å². The van der Waals surface area contributed by atoms with E-state index in [-0.39, 0.29) is 24.6 Å². The van der Waals surface area contributed by atoms with Gasteiger partial charge in [0.2, 0.25) is 0 Å². The maximum Gasteiger partial charge on any atom is 0.506 e. The normalized spacial score (nSPS) is 16.4. The predicted octanol–water partition coefficient (Wildman–Crippen LogP) is 6.48. The monoisotopic (exact) mass is 519 g/mol. The van der Waals surface area contributed by atoms with Crippen LogP contribution in [0.1, 0.15) is 55.0 Å². The topological polar surface area (TPSA) is 68.2 Å². The second-order valence-electron chi connectivity index (χ2n) is 9.93. The van der Waals surface area contributed by atoms with Crippen LogP contribution in [-0.4, -0.2) is 48.0 Å². The molecule has 0 aromatic heterocycles. The van der Waals surface area contributed by atoms with Crippen molar-refractivity contribution in [3.05, 3.63) is 63.7 Å². The van der Waals surface area contributed by atoms with Crippen LogP contribution in [0.25, 0.3) is 5.57 Å². The molecule has 0 saturated carbocycles. The average molecular weight is 520 g/mol. The molecule has 0 amide bonds. The van der Waals surface area contributed by atoms with Crippen LogP contribution < -0.4 is 9.47 Å². The van der Waals surface area contributed by atoms with Gasteiger partial charge >= 0.3 is 12.3 Å². The first-order valence-electron chi connectivity index (χ1n) is 12.3. The van der Waals surface area contributed by atoms with Gasteiger partial charge in [-0.05, 0) is 86.6 Å². The fourth-order valence-electron chi connectivity index (χ4n) is 4.96. The first-order chi connectivity index (χ1) is 17.4. The summed E-state index contributed by atoms with van der Waals surface area (Å²) in [7, 11) is 0. The number of benzene rings is 2. The van der Waals surface area contributed by atoms with E-state index in [1.165, 1.54) is 22.8 Å². The second kappa shape index (κ2) is 10.7. The van der Waals surface area contributed by atoms with Crippen LogP contribution in [0.15, 0.2) is 35.9 Å². The zero-order valence-electron chi connectivity index (χ0n) is 21.4. The number of alkyl halides is 3. The highest BCUT2D eigenvalue weighted by atomic mass is 19.4. The van der Waals surface area contributed by atoms with Gasteiger partial charge in [-0.2, -0.15) is 13.2 Å². The molecule has 0 bridgehead atoms. The summed E-state index contributed by atoms with van der Waals surface area (Å²) in [6.07, 6.45) is -4.67. The maximum absolute atomic E-state index is 13.6. The van der Waals surface area contributed by atoms with Gasteiger partial charge in [0, 0.05) is 19.6 Å². The van der Waals surface area contributed by atoms with Crippen molar-refractivity contribution in [2.45, 2.75) is 65.5 Å². The number of allylic oxidation sites excluding steroid dienone is 1. The zero-order chi connectivity index (χ0) is 26.9. The minimum absolute atomic E-state index is 0.0132. The highest BCUT2D eigenvalue weighted by Crippen LogP contribution is 2.39. The molecule has 0 spiro atoms. The van der Waals surface area contributed by atoms with Gasteiger partial charge in [-0.1, -0.05) is 17.7 Å². The minimum atomic E-state index is -4.52. The van der Waals surface area contributed by atoms with E-state index in [4.69, 9.17) is 19.3 Å². The molecular formula is C28H32F3NO5. The molecule has 1 aliphatic heterocycles. The fraction of sp³-hybridized carbons (Fsp3) is 0.464. The Balaban J connectivity index is 1.45. The van der Waals surface area contributed by atoms with Gasteiger partial charge in [0.05, 0.1) is 11.7 Å². The number of ether oxygens (including phenoxy) is 3. The zero-order valence-corrected chi connectivity index (χ0v) is 21.4. The molecule has 0 radical (unpaired) electrons. The molecule has 2 aromatic rings. The number of fused-ring (bicyclic) bond motifs is 1. The average Bonchev–Trinajstić information content (AvgIpc) is 2.78. The molecule has 1 N–H and O–H groups in total. The SMILES string of the molecule is CC1=C(CN2CC(OC(=O)O)C2)CCc2c1ccc(OCc1ccc(OC(C)C)c(C(F)(F)F)c1)c2C. The molecule has 2 aromatic carbocycles. The Morgan fingerprint density at radius 2 is 1.81 bits per heavy atom. The van der Waals surface area contributed by atoms with Gasteiger partial charge in [-0.25, -0.2) is 4.79 Å². The highest BCUT2D eigenvalue weighted by Gasteiger charge is 2.35. The summed E-state index contributed by atoms with van der Waals surface area (Å²) < 4.78 is 56.9.